The van der Waals surface area contributed by atoms with E-state index in [1.807, 2.05) is 41.2 Å². The minimum Gasteiger partial charge on any atom is -0.378 e. The first-order valence-corrected chi connectivity index (χ1v) is 7.05. The van der Waals surface area contributed by atoms with Crippen molar-refractivity contribution >= 4 is 5.69 Å². The van der Waals surface area contributed by atoms with Gasteiger partial charge in [0.05, 0.1) is 29.5 Å². The van der Waals surface area contributed by atoms with Gasteiger partial charge >= 0.3 is 0 Å². The van der Waals surface area contributed by atoms with Crippen molar-refractivity contribution in [2.75, 3.05) is 5.32 Å². The molecule has 0 bridgehead atoms. The van der Waals surface area contributed by atoms with Crippen molar-refractivity contribution in [3.8, 4) is 6.07 Å². The molecule has 0 atom stereocenters. The molecular weight excluding hydrogens is 248 g/mol. The zero-order valence-electron chi connectivity index (χ0n) is 12.0. The molecule has 0 saturated heterocycles. The number of aromatic nitrogens is 2. The number of para-hydroxylation sites is 1. The average Bonchev–Trinajstić information content (AvgIpc) is 2.95. The highest BCUT2D eigenvalue weighted by molar-refractivity contribution is 5.57. The van der Waals surface area contributed by atoms with Gasteiger partial charge in [0.15, 0.2) is 0 Å². The number of hydrogen-bond donors (Lipinski definition) is 1. The zero-order valence-corrected chi connectivity index (χ0v) is 12.0. The lowest BCUT2D eigenvalue weighted by atomic mass is 10.2. The third-order valence-electron chi connectivity index (χ3n) is 3.49. The van der Waals surface area contributed by atoms with E-state index >= 15 is 0 Å². The summed E-state index contributed by atoms with van der Waals surface area (Å²) in [4.78, 5) is 0. The van der Waals surface area contributed by atoms with E-state index in [9.17, 15) is 0 Å². The first-order chi connectivity index (χ1) is 9.78. The number of hydrogen-bond acceptors (Lipinski definition) is 3. The van der Waals surface area contributed by atoms with Crippen LogP contribution in [0.25, 0.3) is 0 Å². The van der Waals surface area contributed by atoms with Gasteiger partial charge in [-0.3, -0.25) is 4.68 Å². The number of benzene rings is 1. The molecule has 0 aliphatic heterocycles. The maximum absolute atomic E-state index is 9.05. The van der Waals surface area contributed by atoms with E-state index in [0.29, 0.717) is 18.2 Å². The molecule has 1 aromatic heterocycles. The third-order valence-corrected chi connectivity index (χ3v) is 3.49. The summed E-state index contributed by atoms with van der Waals surface area (Å²) in [6.45, 7) is 4.99. The summed E-state index contributed by atoms with van der Waals surface area (Å²) in [6.07, 6.45) is 4.20. The topological polar surface area (TPSA) is 53.6 Å². The number of rotatable bonds is 6. The maximum atomic E-state index is 9.05. The second kappa shape index (κ2) is 6.76. The van der Waals surface area contributed by atoms with Gasteiger partial charge in [-0.25, -0.2) is 0 Å². The van der Waals surface area contributed by atoms with E-state index < -0.39 is 0 Å². The fraction of sp³-hybridized carbons (Fsp3) is 0.375. The van der Waals surface area contributed by atoms with Gasteiger partial charge in [0.2, 0.25) is 0 Å². The summed E-state index contributed by atoms with van der Waals surface area (Å²) in [5.74, 6) is 0. The molecule has 0 radical (unpaired) electrons. The molecule has 20 heavy (non-hydrogen) atoms. The largest absolute Gasteiger partial charge is 0.378 e. The molecule has 1 N–H and O–H groups in total. The molecule has 0 fully saturated rings. The lowest BCUT2D eigenvalue weighted by molar-refractivity contribution is 0.426. The van der Waals surface area contributed by atoms with E-state index in [0.717, 1.165) is 24.2 Å². The maximum Gasteiger partial charge on any atom is 0.101 e. The van der Waals surface area contributed by atoms with Gasteiger partial charge < -0.3 is 5.32 Å². The SMILES string of the molecule is CCC(CC)n1ccc(CNc2ccccc2C#N)n1. The van der Waals surface area contributed by atoms with Crippen LogP contribution in [-0.4, -0.2) is 9.78 Å². The smallest absolute Gasteiger partial charge is 0.101 e. The van der Waals surface area contributed by atoms with Crippen LogP contribution < -0.4 is 5.32 Å². The Morgan fingerprint density at radius 2 is 2.00 bits per heavy atom. The number of nitrogens with zero attached hydrogens (tertiary/aromatic N) is 3. The van der Waals surface area contributed by atoms with Gasteiger partial charge in [0.25, 0.3) is 0 Å². The van der Waals surface area contributed by atoms with E-state index in [1.165, 1.54) is 0 Å². The first-order valence-electron chi connectivity index (χ1n) is 7.05. The van der Waals surface area contributed by atoms with E-state index in [4.69, 9.17) is 5.26 Å². The lowest BCUT2D eigenvalue weighted by Gasteiger charge is -2.12. The van der Waals surface area contributed by atoms with E-state index in [-0.39, 0.29) is 0 Å². The molecule has 0 saturated carbocycles. The molecule has 0 aliphatic rings. The Labute approximate surface area is 120 Å². The standard InChI is InChI=1S/C16H20N4/c1-3-15(4-2)20-10-9-14(19-20)12-18-16-8-6-5-7-13(16)11-17/h5-10,15,18H,3-4,12H2,1-2H3. The highest BCUT2D eigenvalue weighted by Crippen LogP contribution is 2.17. The molecule has 2 rings (SSSR count). The molecule has 0 unspecified atom stereocenters. The second-order valence-electron chi connectivity index (χ2n) is 4.77. The van der Waals surface area contributed by atoms with Crippen LogP contribution in [0.5, 0.6) is 0 Å². The quantitative estimate of drug-likeness (QED) is 0.868. The molecule has 4 nitrogen and oxygen atoms in total. The van der Waals surface area contributed by atoms with Crippen molar-refractivity contribution in [2.24, 2.45) is 0 Å². The summed E-state index contributed by atoms with van der Waals surface area (Å²) in [5, 5.41) is 16.9. The van der Waals surface area contributed by atoms with E-state index in [1.54, 1.807) is 0 Å². The number of nitrogens with one attached hydrogen (secondary N) is 1. The van der Waals surface area contributed by atoms with Gasteiger partial charge in [-0.1, -0.05) is 26.0 Å². The van der Waals surface area contributed by atoms with Gasteiger partial charge in [-0.15, -0.1) is 0 Å². The lowest BCUT2D eigenvalue weighted by Crippen LogP contribution is -2.09. The predicted octanol–water partition coefficient (Wildman–Crippen LogP) is 3.73. The number of nitriles is 1. The van der Waals surface area contributed by atoms with Crippen molar-refractivity contribution in [1.82, 2.24) is 9.78 Å². The fourth-order valence-electron chi connectivity index (χ4n) is 2.26. The van der Waals surface area contributed by atoms with E-state index in [2.05, 4.69) is 30.3 Å². The molecular formula is C16H20N4. The van der Waals surface area contributed by atoms with Crippen molar-refractivity contribution in [1.29, 1.82) is 5.26 Å². The Morgan fingerprint density at radius 3 is 2.70 bits per heavy atom. The molecule has 1 heterocycles. The second-order valence-corrected chi connectivity index (χ2v) is 4.77. The molecule has 4 heteroatoms. The molecule has 2 aromatic rings. The van der Waals surface area contributed by atoms with Gasteiger partial charge in [0, 0.05) is 6.20 Å². The van der Waals surface area contributed by atoms with Gasteiger partial charge in [0.1, 0.15) is 6.07 Å². The van der Waals surface area contributed by atoms with Crippen molar-refractivity contribution in [3.63, 3.8) is 0 Å². The molecule has 0 aliphatic carbocycles. The minimum atomic E-state index is 0.468. The summed E-state index contributed by atoms with van der Waals surface area (Å²) in [5.41, 5.74) is 2.50. The normalized spacial score (nSPS) is 10.5. The van der Waals surface area contributed by atoms with Crippen LogP contribution in [0.15, 0.2) is 36.5 Å². The Hall–Kier alpha value is -2.28. The summed E-state index contributed by atoms with van der Waals surface area (Å²) >= 11 is 0. The van der Waals surface area contributed by atoms with Crippen LogP contribution in [0.4, 0.5) is 5.69 Å². The van der Waals surface area contributed by atoms with Crippen LogP contribution in [0, 0.1) is 11.3 Å². The third kappa shape index (κ3) is 3.18. The van der Waals surface area contributed by atoms with Crippen LogP contribution in [-0.2, 0) is 6.54 Å². The molecule has 104 valence electrons. The van der Waals surface area contributed by atoms with Crippen LogP contribution >= 0.6 is 0 Å². The predicted molar refractivity (Wildman–Crippen MR) is 80.3 cm³/mol. The summed E-state index contributed by atoms with van der Waals surface area (Å²) in [6, 6.07) is 12.2. The molecule has 0 spiro atoms. The highest BCUT2D eigenvalue weighted by atomic mass is 15.3. The van der Waals surface area contributed by atoms with Crippen LogP contribution in [0.1, 0.15) is 44.0 Å². The fourth-order valence-corrected chi connectivity index (χ4v) is 2.26. The van der Waals surface area contributed by atoms with Crippen molar-refractivity contribution in [2.45, 2.75) is 39.3 Å². The van der Waals surface area contributed by atoms with Crippen molar-refractivity contribution in [3.05, 3.63) is 47.8 Å². The molecule has 1 aromatic carbocycles. The van der Waals surface area contributed by atoms with Gasteiger partial charge in [-0.2, -0.15) is 10.4 Å². The monoisotopic (exact) mass is 268 g/mol. The Balaban J connectivity index is 2.03. The van der Waals surface area contributed by atoms with Crippen LogP contribution in [0.2, 0.25) is 0 Å². The first kappa shape index (κ1) is 14.1. The number of anilines is 1. The Bertz CT molecular complexity index is 591. The Kier molecular flexibility index (Phi) is 4.78. The zero-order chi connectivity index (χ0) is 14.4. The summed E-state index contributed by atoms with van der Waals surface area (Å²) in [7, 11) is 0. The van der Waals surface area contributed by atoms with Crippen LogP contribution in [0.3, 0.4) is 0 Å². The average molecular weight is 268 g/mol. The van der Waals surface area contributed by atoms with Crippen molar-refractivity contribution < 1.29 is 0 Å². The molecule has 0 amide bonds. The minimum absolute atomic E-state index is 0.468. The summed E-state index contributed by atoms with van der Waals surface area (Å²) < 4.78 is 2.03. The Morgan fingerprint density at radius 1 is 1.25 bits per heavy atom. The highest BCUT2D eigenvalue weighted by Gasteiger charge is 2.08. The van der Waals surface area contributed by atoms with Gasteiger partial charge in [-0.05, 0) is 31.0 Å².